The lowest BCUT2D eigenvalue weighted by Gasteiger charge is -2.12. The molecule has 10 aromatic rings. The van der Waals surface area contributed by atoms with Crippen molar-refractivity contribution >= 4 is 54.8 Å². The predicted octanol–water partition coefficient (Wildman–Crippen LogP) is 12.7. The van der Waals surface area contributed by atoms with Gasteiger partial charge in [-0.15, -0.1) is 0 Å². The standard InChI is InChI=1S/C45H27NO2/c1-3-12-28(13-4-1)30-16-11-17-32(24-30)40-27-39(45-43(46-40)35-20-9-10-21-41(35)48-45)36-26-38-37-25-31(29-14-5-2-6-15-29)22-23-42(37)47-44(38)34-19-8-7-18-33(34)36/h1-27H. The second-order valence-electron chi connectivity index (χ2n) is 12.3. The van der Waals surface area contributed by atoms with E-state index in [-0.39, 0.29) is 0 Å². The van der Waals surface area contributed by atoms with Gasteiger partial charge in [-0.05, 0) is 75.7 Å². The third-order valence-corrected chi connectivity index (χ3v) is 9.47. The average Bonchev–Trinajstić information content (AvgIpc) is 3.73. The molecule has 3 aromatic heterocycles. The zero-order valence-electron chi connectivity index (χ0n) is 25.9. The lowest BCUT2D eigenvalue weighted by atomic mass is 9.93. The fraction of sp³-hybridized carbons (Fsp3) is 0. The van der Waals surface area contributed by atoms with E-state index in [1.54, 1.807) is 0 Å². The Morgan fingerprint density at radius 1 is 0.333 bits per heavy atom. The van der Waals surface area contributed by atoms with Gasteiger partial charge in [0.05, 0.1) is 5.69 Å². The van der Waals surface area contributed by atoms with Gasteiger partial charge >= 0.3 is 0 Å². The van der Waals surface area contributed by atoms with Gasteiger partial charge < -0.3 is 8.83 Å². The van der Waals surface area contributed by atoms with Crippen LogP contribution in [0.15, 0.2) is 173 Å². The van der Waals surface area contributed by atoms with Crippen molar-refractivity contribution in [1.29, 1.82) is 0 Å². The maximum Gasteiger partial charge on any atom is 0.161 e. The van der Waals surface area contributed by atoms with Gasteiger partial charge in [-0.3, -0.25) is 0 Å². The normalized spacial score (nSPS) is 11.8. The van der Waals surface area contributed by atoms with Gasteiger partial charge in [0.15, 0.2) is 5.58 Å². The van der Waals surface area contributed by atoms with Gasteiger partial charge in [0, 0.05) is 32.7 Å². The smallest absolute Gasteiger partial charge is 0.161 e. The molecule has 0 spiro atoms. The van der Waals surface area contributed by atoms with Crippen molar-refractivity contribution < 1.29 is 8.83 Å². The van der Waals surface area contributed by atoms with E-state index in [0.717, 1.165) is 88.3 Å². The van der Waals surface area contributed by atoms with Crippen LogP contribution in [0.3, 0.4) is 0 Å². The number of furan rings is 2. The Hall–Kier alpha value is -6.45. The number of rotatable bonds is 4. The topological polar surface area (TPSA) is 39.2 Å². The predicted molar refractivity (Wildman–Crippen MR) is 198 cm³/mol. The zero-order valence-corrected chi connectivity index (χ0v) is 25.9. The molecule has 0 aliphatic carbocycles. The zero-order chi connectivity index (χ0) is 31.6. The number of hydrogen-bond donors (Lipinski definition) is 0. The third kappa shape index (κ3) is 4.18. The summed E-state index contributed by atoms with van der Waals surface area (Å²) in [4.78, 5) is 5.27. The third-order valence-electron chi connectivity index (χ3n) is 9.47. The van der Waals surface area contributed by atoms with Crippen LogP contribution in [0.25, 0.3) is 99.4 Å². The van der Waals surface area contributed by atoms with Crippen LogP contribution in [0, 0.1) is 0 Å². The molecule has 0 aliphatic heterocycles. The van der Waals surface area contributed by atoms with Crippen LogP contribution < -0.4 is 0 Å². The molecule has 0 saturated heterocycles. The van der Waals surface area contributed by atoms with Crippen molar-refractivity contribution in [2.45, 2.75) is 0 Å². The molecule has 7 aromatic carbocycles. The molecule has 0 bridgehead atoms. The Morgan fingerprint density at radius 2 is 0.938 bits per heavy atom. The lowest BCUT2D eigenvalue weighted by Crippen LogP contribution is -1.90. The van der Waals surface area contributed by atoms with E-state index in [1.807, 2.05) is 30.3 Å². The molecule has 0 aliphatic rings. The van der Waals surface area contributed by atoms with E-state index < -0.39 is 0 Å². The summed E-state index contributed by atoms with van der Waals surface area (Å²) in [6.07, 6.45) is 0. The summed E-state index contributed by atoms with van der Waals surface area (Å²) >= 11 is 0. The van der Waals surface area contributed by atoms with Crippen molar-refractivity contribution in [3.8, 4) is 44.6 Å². The minimum absolute atomic E-state index is 0.779. The number of nitrogens with zero attached hydrogens (tertiary/aromatic N) is 1. The first-order chi connectivity index (χ1) is 23.8. The fourth-order valence-corrected chi connectivity index (χ4v) is 7.15. The second-order valence-corrected chi connectivity index (χ2v) is 12.3. The summed E-state index contributed by atoms with van der Waals surface area (Å²) in [7, 11) is 0. The highest BCUT2D eigenvalue weighted by Crippen LogP contribution is 2.44. The van der Waals surface area contributed by atoms with Crippen molar-refractivity contribution in [2.24, 2.45) is 0 Å². The summed E-state index contributed by atoms with van der Waals surface area (Å²) in [5.41, 5.74) is 12.9. The molecule has 0 N–H and O–H groups in total. The average molecular weight is 614 g/mol. The van der Waals surface area contributed by atoms with E-state index in [0.29, 0.717) is 0 Å². The van der Waals surface area contributed by atoms with Gasteiger partial charge in [-0.2, -0.15) is 0 Å². The van der Waals surface area contributed by atoms with Gasteiger partial charge in [-0.1, -0.05) is 121 Å². The highest BCUT2D eigenvalue weighted by Gasteiger charge is 2.21. The van der Waals surface area contributed by atoms with Gasteiger partial charge in [0.2, 0.25) is 0 Å². The van der Waals surface area contributed by atoms with Crippen LogP contribution in [-0.2, 0) is 0 Å². The largest absolute Gasteiger partial charge is 0.455 e. The van der Waals surface area contributed by atoms with Gasteiger partial charge in [0.25, 0.3) is 0 Å². The van der Waals surface area contributed by atoms with Crippen LogP contribution >= 0.6 is 0 Å². The molecule has 10 rings (SSSR count). The van der Waals surface area contributed by atoms with Crippen molar-refractivity contribution in [1.82, 2.24) is 4.98 Å². The minimum atomic E-state index is 0.779. The molecule has 0 atom stereocenters. The van der Waals surface area contributed by atoms with Crippen LogP contribution in [0.2, 0.25) is 0 Å². The number of para-hydroxylation sites is 1. The fourth-order valence-electron chi connectivity index (χ4n) is 7.15. The number of aromatic nitrogens is 1. The van der Waals surface area contributed by atoms with Gasteiger partial charge in [-0.25, -0.2) is 4.98 Å². The first-order valence-corrected chi connectivity index (χ1v) is 16.2. The van der Waals surface area contributed by atoms with Crippen LogP contribution in [0.5, 0.6) is 0 Å². The van der Waals surface area contributed by atoms with E-state index in [2.05, 4.69) is 133 Å². The molecule has 0 radical (unpaired) electrons. The van der Waals surface area contributed by atoms with E-state index in [9.17, 15) is 0 Å². The van der Waals surface area contributed by atoms with Crippen LogP contribution in [0.4, 0.5) is 0 Å². The molecule has 3 heteroatoms. The highest BCUT2D eigenvalue weighted by atomic mass is 16.3. The van der Waals surface area contributed by atoms with E-state index in [4.69, 9.17) is 13.8 Å². The molecule has 0 amide bonds. The Bertz CT molecular complexity index is 2830. The Balaban J connectivity index is 1.28. The molecule has 224 valence electrons. The molecule has 0 saturated carbocycles. The summed E-state index contributed by atoms with van der Waals surface area (Å²) in [5, 5.41) is 5.33. The molecular weight excluding hydrogens is 587 g/mol. The first-order valence-electron chi connectivity index (χ1n) is 16.2. The quantitative estimate of drug-likeness (QED) is 0.198. The molecular formula is C45H27NO2. The Labute approximate surface area is 276 Å². The van der Waals surface area contributed by atoms with Crippen LogP contribution in [0.1, 0.15) is 0 Å². The molecule has 0 unspecified atom stereocenters. The minimum Gasteiger partial charge on any atom is -0.455 e. The van der Waals surface area contributed by atoms with E-state index >= 15 is 0 Å². The molecule has 48 heavy (non-hydrogen) atoms. The summed E-state index contributed by atoms with van der Waals surface area (Å²) in [5.74, 6) is 0. The number of fused-ring (bicyclic) bond motifs is 8. The lowest BCUT2D eigenvalue weighted by molar-refractivity contribution is 0.669. The maximum absolute atomic E-state index is 6.64. The number of pyridine rings is 1. The molecule has 3 heterocycles. The van der Waals surface area contributed by atoms with Crippen molar-refractivity contribution in [2.75, 3.05) is 0 Å². The Kier molecular flexibility index (Phi) is 5.87. The summed E-state index contributed by atoms with van der Waals surface area (Å²) in [6.45, 7) is 0. The molecule has 0 fully saturated rings. The van der Waals surface area contributed by atoms with Crippen molar-refractivity contribution in [3.05, 3.63) is 164 Å². The second kappa shape index (κ2) is 10.5. The number of hydrogen-bond acceptors (Lipinski definition) is 3. The summed E-state index contributed by atoms with van der Waals surface area (Å²) < 4.78 is 13.2. The maximum atomic E-state index is 6.64. The number of benzene rings is 7. The van der Waals surface area contributed by atoms with Crippen molar-refractivity contribution in [3.63, 3.8) is 0 Å². The van der Waals surface area contributed by atoms with E-state index in [1.165, 1.54) is 11.1 Å². The molecule has 3 nitrogen and oxygen atoms in total. The monoisotopic (exact) mass is 613 g/mol. The Morgan fingerprint density at radius 3 is 1.73 bits per heavy atom. The van der Waals surface area contributed by atoms with Gasteiger partial charge in [0.1, 0.15) is 22.3 Å². The summed E-state index contributed by atoms with van der Waals surface area (Å²) in [6, 6.07) is 57.3. The first kappa shape index (κ1) is 26.7. The SMILES string of the molecule is c1ccc(-c2cccc(-c3cc(-c4cc5c6cc(-c7ccccc7)ccc6oc5c5ccccc45)c4oc5ccccc5c4n3)c2)cc1. The highest BCUT2D eigenvalue weighted by molar-refractivity contribution is 6.21. The van der Waals surface area contributed by atoms with Crippen LogP contribution in [-0.4, -0.2) is 4.98 Å².